The number of fused-ring (bicyclic) bond motifs is 1. The average molecular weight is 327 g/mol. The molecule has 1 N–H and O–H groups in total. The van der Waals surface area contributed by atoms with Gasteiger partial charge in [-0.05, 0) is 30.9 Å². The second kappa shape index (κ2) is 7.57. The van der Waals surface area contributed by atoms with Gasteiger partial charge in [0.2, 0.25) is 5.91 Å². The maximum absolute atomic E-state index is 12.3. The van der Waals surface area contributed by atoms with Crippen LogP contribution in [0.2, 0.25) is 0 Å². The number of amides is 1. The van der Waals surface area contributed by atoms with Gasteiger partial charge >= 0.3 is 0 Å². The minimum Gasteiger partial charge on any atom is -0.353 e. The Bertz CT molecular complexity index is 670. The van der Waals surface area contributed by atoms with Crippen molar-refractivity contribution < 1.29 is 4.79 Å². The Balaban J connectivity index is 1.56. The van der Waals surface area contributed by atoms with Crippen LogP contribution in [0.5, 0.6) is 0 Å². The van der Waals surface area contributed by atoms with Gasteiger partial charge in [-0.1, -0.05) is 31.2 Å². The molecule has 0 bridgehead atoms. The summed E-state index contributed by atoms with van der Waals surface area (Å²) in [6.45, 7) is 6.68. The fourth-order valence-electron chi connectivity index (χ4n) is 3.26. The van der Waals surface area contributed by atoms with Crippen molar-refractivity contribution in [3.05, 3.63) is 48.0 Å². The highest BCUT2D eigenvalue weighted by molar-refractivity contribution is 5.79. The molecule has 1 aliphatic heterocycles. The van der Waals surface area contributed by atoms with Crippen molar-refractivity contribution in [2.45, 2.75) is 45.3 Å². The minimum atomic E-state index is -0.341. The van der Waals surface area contributed by atoms with Gasteiger partial charge < -0.3 is 5.32 Å². The molecule has 128 valence electrons. The van der Waals surface area contributed by atoms with E-state index in [-0.39, 0.29) is 11.9 Å². The van der Waals surface area contributed by atoms with Crippen molar-refractivity contribution in [3.63, 3.8) is 0 Å². The van der Waals surface area contributed by atoms with Crippen LogP contribution in [-0.4, -0.2) is 44.7 Å². The van der Waals surface area contributed by atoms with Crippen LogP contribution in [0.15, 0.2) is 36.9 Å². The first-order chi connectivity index (χ1) is 11.7. The van der Waals surface area contributed by atoms with Crippen molar-refractivity contribution in [2.75, 3.05) is 13.1 Å². The van der Waals surface area contributed by atoms with E-state index in [4.69, 9.17) is 0 Å². The number of benzene rings is 1. The van der Waals surface area contributed by atoms with Gasteiger partial charge in [-0.25, -0.2) is 9.67 Å². The van der Waals surface area contributed by atoms with Crippen LogP contribution in [-0.2, 0) is 17.8 Å². The summed E-state index contributed by atoms with van der Waals surface area (Å²) < 4.78 is 1.58. The number of nitrogens with one attached hydrogen (secondary N) is 1. The largest absolute Gasteiger partial charge is 0.353 e. The summed E-state index contributed by atoms with van der Waals surface area (Å²) >= 11 is 0. The van der Waals surface area contributed by atoms with E-state index in [1.54, 1.807) is 11.0 Å². The second-order valence-corrected chi connectivity index (χ2v) is 6.35. The summed E-state index contributed by atoms with van der Waals surface area (Å²) in [6, 6.07) is 8.65. The second-order valence-electron chi connectivity index (χ2n) is 6.35. The van der Waals surface area contributed by atoms with Gasteiger partial charge in [0, 0.05) is 25.7 Å². The van der Waals surface area contributed by atoms with Gasteiger partial charge in [-0.2, -0.15) is 5.10 Å². The lowest BCUT2D eigenvalue weighted by Crippen LogP contribution is -2.46. The van der Waals surface area contributed by atoms with Crippen LogP contribution in [0.4, 0.5) is 0 Å². The highest BCUT2D eigenvalue weighted by Crippen LogP contribution is 2.21. The Morgan fingerprint density at radius 1 is 1.33 bits per heavy atom. The number of hydrogen-bond donors (Lipinski definition) is 1. The molecule has 0 saturated heterocycles. The molecule has 0 saturated carbocycles. The van der Waals surface area contributed by atoms with Gasteiger partial charge in [-0.15, -0.1) is 0 Å². The van der Waals surface area contributed by atoms with Crippen molar-refractivity contribution in [2.24, 2.45) is 0 Å². The lowest BCUT2D eigenvalue weighted by atomic mass is 9.98. The Hall–Kier alpha value is -2.21. The predicted octanol–water partition coefficient (Wildman–Crippen LogP) is 1.79. The van der Waals surface area contributed by atoms with E-state index in [2.05, 4.69) is 51.5 Å². The zero-order chi connectivity index (χ0) is 16.9. The van der Waals surface area contributed by atoms with E-state index in [0.717, 1.165) is 25.9 Å². The van der Waals surface area contributed by atoms with E-state index in [1.165, 1.54) is 17.5 Å². The maximum Gasteiger partial charge on any atom is 0.244 e. The number of carbonyl (C=O) groups excluding carboxylic acids is 1. The van der Waals surface area contributed by atoms with Gasteiger partial charge in [-0.3, -0.25) is 9.69 Å². The zero-order valence-corrected chi connectivity index (χ0v) is 14.4. The van der Waals surface area contributed by atoms with Crippen LogP contribution in [0.3, 0.4) is 0 Å². The first-order valence-corrected chi connectivity index (χ1v) is 8.61. The van der Waals surface area contributed by atoms with Crippen molar-refractivity contribution in [3.8, 4) is 0 Å². The fraction of sp³-hybridized carbons (Fsp3) is 0.500. The van der Waals surface area contributed by atoms with E-state index < -0.39 is 0 Å². The van der Waals surface area contributed by atoms with Gasteiger partial charge in [0.25, 0.3) is 0 Å². The zero-order valence-electron chi connectivity index (χ0n) is 14.4. The van der Waals surface area contributed by atoms with E-state index >= 15 is 0 Å². The van der Waals surface area contributed by atoms with Crippen molar-refractivity contribution >= 4 is 5.91 Å². The first-order valence-electron chi connectivity index (χ1n) is 8.61. The number of rotatable bonds is 6. The number of carbonyl (C=O) groups is 1. The smallest absolute Gasteiger partial charge is 0.244 e. The number of aromatic nitrogens is 3. The molecule has 0 radical (unpaired) electrons. The number of nitrogens with zero attached hydrogens (tertiary/aromatic N) is 4. The maximum atomic E-state index is 12.3. The van der Waals surface area contributed by atoms with E-state index in [1.807, 2.05) is 6.92 Å². The number of hydrogen-bond acceptors (Lipinski definition) is 4. The summed E-state index contributed by atoms with van der Waals surface area (Å²) in [6.07, 6.45) is 5.11. The molecule has 6 heteroatoms. The third-order valence-electron chi connectivity index (χ3n) is 4.87. The Morgan fingerprint density at radius 2 is 2.12 bits per heavy atom. The molecule has 2 atom stereocenters. The molecule has 1 aromatic carbocycles. The minimum absolute atomic E-state index is 0.0173. The summed E-state index contributed by atoms with van der Waals surface area (Å²) in [5, 5.41) is 7.11. The molecule has 1 amide bonds. The lowest BCUT2D eigenvalue weighted by molar-refractivity contribution is -0.124. The third kappa shape index (κ3) is 3.64. The predicted molar refractivity (Wildman–Crippen MR) is 92.4 cm³/mol. The Morgan fingerprint density at radius 3 is 2.83 bits per heavy atom. The van der Waals surface area contributed by atoms with E-state index in [9.17, 15) is 4.79 Å². The molecule has 0 fully saturated rings. The summed E-state index contributed by atoms with van der Waals surface area (Å²) in [5.41, 5.74) is 2.86. The van der Waals surface area contributed by atoms with Crippen molar-refractivity contribution in [1.29, 1.82) is 0 Å². The Kier molecular flexibility index (Phi) is 5.25. The summed E-state index contributed by atoms with van der Waals surface area (Å²) in [7, 11) is 0. The molecule has 0 spiro atoms. The Labute approximate surface area is 142 Å². The topological polar surface area (TPSA) is 63.1 Å². The van der Waals surface area contributed by atoms with Gasteiger partial charge in [0.15, 0.2) is 0 Å². The molecule has 6 nitrogen and oxygen atoms in total. The molecule has 0 unspecified atom stereocenters. The van der Waals surface area contributed by atoms with Crippen LogP contribution < -0.4 is 5.32 Å². The lowest BCUT2D eigenvalue weighted by Gasteiger charge is -2.35. The molecule has 2 aromatic rings. The molecule has 1 aliphatic rings. The van der Waals surface area contributed by atoms with Crippen LogP contribution in [0.1, 0.15) is 37.4 Å². The average Bonchev–Trinajstić information content (AvgIpc) is 3.16. The van der Waals surface area contributed by atoms with Crippen molar-refractivity contribution in [1.82, 2.24) is 25.0 Å². The van der Waals surface area contributed by atoms with Crippen LogP contribution in [0.25, 0.3) is 0 Å². The summed E-state index contributed by atoms with van der Waals surface area (Å²) in [5.74, 6) is -0.0173. The SMILES string of the molecule is CC[C@H](CNC(=O)[C@@H](C)n1cncn1)N1CCc2ccccc2C1. The third-order valence-corrected chi connectivity index (χ3v) is 4.87. The molecule has 3 rings (SSSR count). The fourth-order valence-corrected chi connectivity index (χ4v) is 3.26. The quantitative estimate of drug-likeness (QED) is 0.879. The van der Waals surface area contributed by atoms with Crippen LogP contribution >= 0.6 is 0 Å². The molecule has 1 aromatic heterocycles. The normalized spacial score (nSPS) is 17.1. The van der Waals surface area contributed by atoms with Crippen LogP contribution in [0, 0.1) is 0 Å². The first kappa shape index (κ1) is 16.6. The highest BCUT2D eigenvalue weighted by Gasteiger charge is 2.23. The van der Waals surface area contributed by atoms with Gasteiger partial charge in [0.1, 0.15) is 18.7 Å². The molecular weight excluding hydrogens is 302 g/mol. The molecule has 0 aliphatic carbocycles. The molecular formula is C18H25N5O. The summed E-state index contributed by atoms with van der Waals surface area (Å²) in [4.78, 5) is 18.7. The highest BCUT2D eigenvalue weighted by atomic mass is 16.2. The molecule has 2 heterocycles. The standard InChI is InChI=1S/C18H25N5O/c1-3-17(10-20-18(24)14(2)23-13-19-12-21-23)22-9-8-15-6-4-5-7-16(15)11-22/h4-7,12-14,17H,3,8-11H2,1-2H3,(H,20,24)/t14-,17-/m1/s1. The molecule has 24 heavy (non-hydrogen) atoms. The van der Waals surface area contributed by atoms with E-state index in [0.29, 0.717) is 12.6 Å². The van der Waals surface area contributed by atoms with Gasteiger partial charge in [0.05, 0.1) is 0 Å². The monoisotopic (exact) mass is 327 g/mol.